The number of benzene rings is 3. The van der Waals surface area contributed by atoms with Crippen molar-refractivity contribution in [3.05, 3.63) is 90.5 Å². The molecule has 0 aliphatic rings. The van der Waals surface area contributed by atoms with E-state index in [-0.39, 0.29) is 4.90 Å². The molecule has 0 aliphatic heterocycles. The molecule has 0 radical (unpaired) electrons. The first-order valence-electron chi connectivity index (χ1n) is 7.40. The Kier molecular flexibility index (Phi) is 4.72. The third-order valence-corrected chi connectivity index (χ3v) is 4.70. The van der Waals surface area contributed by atoms with Crippen LogP contribution in [0.1, 0.15) is 5.56 Å². The Morgan fingerprint density at radius 3 is 1.88 bits per heavy atom. The molecule has 0 heterocycles. The molecule has 3 rings (SSSR count). The van der Waals surface area contributed by atoms with Crippen molar-refractivity contribution < 1.29 is 8.42 Å². The topological polar surface area (TPSA) is 58.5 Å². The summed E-state index contributed by atoms with van der Waals surface area (Å²) in [5.74, 6) is 0. The predicted molar refractivity (Wildman–Crippen MR) is 96.2 cm³/mol. The highest BCUT2D eigenvalue weighted by molar-refractivity contribution is 7.89. The van der Waals surface area contributed by atoms with Crippen molar-refractivity contribution in [2.75, 3.05) is 0 Å². The zero-order chi connectivity index (χ0) is 16.8. The maximum atomic E-state index is 12.2. The summed E-state index contributed by atoms with van der Waals surface area (Å²) in [6, 6.07) is 25.8. The second-order valence-corrected chi connectivity index (χ2v) is 6.81. The molecule has 120 valence electrons. The van der Waals surface area contributed by atoms with Gasteiger partial charge in [0.05, 0.1) is 11.1 Å². The minimum Gasteiger partial charge on any atom is -0.200 e. The normalized spacial score (nSPS) is 11.5. The molecule has 3 aromatic carbocycles. The molecule has 24 heavy (non-hydrogen) atoms. The summed E-state index contributed by atoms with van der Waals surface area (Å²) in [4.78, 5) is 2.40. The second kappa shape index (κ2) is 7.10. The van der Waals surface area contributed by atoms with E-state index in [1.54, 1.807) is 24.3 Å². The van der Waals surface area contributed by atoms with E-state index >= 15 is 0 Å². The van der Waals surface area contributed by atoms with E-state index in [4.69, 9.17) is 0 Å². The van der Waals surface area contributed by atoms with E-state index in [9.17, 15) is 8.42 Å². The molecule has 0 bridgehead atoms. The van der Waals surface area contributed by atoms with Crippen molar-refractivity contribution in [1.82, 2.24) is 4.83 Å². The molecule has 5 heteroatoms. The van der Waals surface area contributed by atoms with Crippen molar-refractivity contribution >= 4 is 16.2 Å². The average Bonchev–Trinajstić information content (AvgIpc) is 2.63. The number of nitrogens with one attached hydrogen (secondary N) is 1. The van der Waals surface area contributed by atoms with E-state index in [2.05, 4.69) is 9.93 Å². The molecule has 0 fully saturated rings. The monoisotopic (exact) mass is 336 g/mol. The molecule has 0 aromatic heterocycles. The van der Waals surface area contributed by atoms with Crippen LogP contribution < -0.4 is 4.83 Å². The lowest BCUT2D eigenvalue weighted by molar-refractivity contribution is 0.584. The van der Waals surface area contributed by atoms with E-state index in [1.165, 1.54) is 6.21 Å². The van der Waals surface area contributed by atoms with Crippen LogP contribution in [0.15, 0.2) is 94.9 Å². The SMILES string of the molecule is O=S(=O)(NN=Cc1ccccc1)c1ccc(-c2ccccc2)cc1. The minimum absolute atomic E-state index is 0.174. The molecule has 4 nitrogen and oxygen atoms in total. The summed E-state index contributed by atoms with van der Waals surface area (Å²) < 4.78 is 24.5. The van der Waals surface area contributed by atoms with Gasteiger partial charge in [-0.25, -0.2) is 4.83 Å². The fraction of sp³-hybridized carbons (Fsp3) is 0. The van der Waals surface area contributed by atoms with Gasteiger partial charge in [0.25, 0.3) is 10.0 Å². The molecule has 0 spiro atoms. The Bertz CT molecular complexity index is 920. The van der Waals surface area contributed by atoms with Crippen LogP contribution in [0.3, 0.4) is 0 Å². The van der Waals surface area contributed by atoms with E-state index in [0.717, 1.165) is 16.7 Å². The molecule has 0 saturated carbocycles. The standard InChI is InChI=1S/C19H16N2O2S/c22-24(23,21-20-15-16-7-3-1-4-8-16)19-13-11-18(12-14-19)17-9-5-2-6-10-17/h1-15,21H. The van der Waals surface area contributed by atoms with Gasteiger partial charge in [0.15, 0.2) is 0 Å². The summed E-state index contributed by atoms with van der Waals surface area (Å²) in [7, 11) is -3.68. The van der Waals surface area contributed by atoms with Crippen molar-refractivity contribution in [3.63, 3.8) is 0 Å². The number of rotatable bonds is 5. The number of hydrogen-bond acceptors (Lipinski definition) is 3. The van der Waals surface area contributed by atoms with E-state index < -0.39 is 10.0 Å². The first kappa shape index (κ1) is 16.0. The summed E-state index contributed by atoms with van der Waals surface area (Å²) >= 11 is 0. The van der Waals surface area contributed by atoms with E-state index in [1.807, 2.05) is 60.7 Å². The van der Waals surface area contributed by atoms with Gasteiger partial charge in [-0.05, 0) is 28.8 Å². The van der Waals surface area contributed by atoms with Crippen LogP contribution in [-0.4, -0.2) is 14.6 Å². The lowest BCUT2D eigenvalue weighted by Gasteiger charge is -2.05. The largest absolute Gasteiger partial charge is 0.276 e. The summed E-state index contributed by atoms with van der Waals surface area (Å²) in [5.41, 5.74) is 2.82. The number of hydrazone groups is 1. The zero-order valence-corrected chi connectivity index (χ0v) is 13.6. The van der Waals surface area contributed by atoms with Crippen molar-refractivity contribution in [2.24, 2.45) is 5.10 Å². The average molecular weight is 336 g/mol. The maximum absolute atomic E-state index is 12.2. The highest BCUT2D eigenvalue weighted by atomic mass is 32.2. The third kappa shape index (κ3) is 3.88. The fourth-order valence-corrected chi connectivity index (χ4v) is 3.01. The van der Waals surface area contributed by atoms with Crippen LogP contribution in [0, 0.1) is 0 Å². The van der Waals surface area contributed by atoms with Gasteiger partial charge in [0, 0.05) is 0 Å². The van der Waals surface area contributed by atoms with Gasteiger partial charge < -0.3 is 0 Å². The summed E-state index contributed by atoms with van der Waals surface area (Å²) in [5, 5.41) is 3.81. The molecule has 1 N–H and O–H groups in total. The van der Waals surface area contributed by atoms with Gasteiger partial charge in [0.1, 0.15) is 0 Å². The van der Waals surface area contributed by atoms with Crippen LogP contribution >= 0.6 is 0 Å². The van der Waals surface area contributed by atoms with Crippen molar-refractivity contribution in [3.8, 4) is 11.1 Å². The Balaban J connectivity index is 1.74. The smallest absolute Gasteiger partial charge is 0.200 e. The molecular weight excluding hydrogens is 320 g/mol. The van der Waals surface area contributed by atoms with Gasteiger partial charge in [0.2, 0.25) is 0 Å². The Morgan fingerprint density at radius 2 is 1.25 bits per heavy atom. The summed E-state index contributed by atoms with van der Waals surface area (Å²) in [6.07, 6.45) is 1.47. The van der Waals surface area contributed by atoms with Crippen molar-refractivity contribution in [1.29, 1.82) is 0 Å². The van der Waals surface area contributed by atoms with Gasteiger partial charge >= 0.3 is 0 Å². The zero-order valence-electron chi connectivity index (χ0n) is 12.8. The molecular formula is C19H16N2O2S. The van der Waals surface area contributed by atoms with Gasteiger partial charge in [-0.1, -0.05) is 72.8 Å². The van der Waals surface area contributed by atoms with Crippen molar-refractivity contribution in [2.45, 2.75) is 4.90 Å². The lowest BCUT2D eigenvalue weighted by atomic mass is 10.1. The first-order chi connectivity index (χ1) is 11.6. The second-order valence-electron chi connectivity index (χ2n) is 5.15. The van der Waals surface area contributed by atoms with Crippen LogP contribution in [-0.2, 0) is 10.0 Å². The number of sulfonamides is 1. The van der Waals surface area contributed by atoms with Crippen LogP contribution in [0.5, 0.6) is 0 Å². The first-order valence-corrected chi connectivity index (χ1v) is 8.89. The highest BCUT2D eigenvalue weighted by Crippen LogP contribution is 2.20. The lowest BCUT2D eigenvalue weighted by Crippen LogP contribution is -2.18. The molecule has 0 amide bonds. The number of nitrogens with zero attached hydrogens (tertiary/aromatic N) is 1. The molecule has 0 saturated heterocycles. The Hall–Kier alpha value is -2.92. The highest BCUT2D eigenvalue weighted by Gasteiger charge is 2.12. The Morgan fingerprint density at radius 1 is 0.708 bits per heavy atom. The minimum atomic E-state index is -3.68. The molecule has 3 aromatic rings. The van der Waals surface area contributed by atoms with Crippen LogP contribution in [0.4, 0.5) is 0 Å². The fourth-order valence-electron chi connectivity index (χ4n) is 2.22. The van der Waals surface area contributed by atoms with Gasteiger partial charge in [-0.2, -0.15) is 13.5 Å². The Labute approximate surface area is 141 Å². The maximum Gasteiger partial charge on any atom is 0.276 e. The van der Waals surface area contributed by atoms with Gasteiger partial charge in [-0.3, -0.25) is 0 Å². The van der Waals surface area contributed by atoms with Gasteiger partial charge in [-0.15, -0.1) is 0 Å². The molecule has 0 atom stereocenters. The van der Waals surface area contributed by atoms with Crippen LogP contribution in [0.2, 0.25) is 0 Å². The predicted octanol–water partition coefficient (Wildman–Crippen LogP) is 3.67. The van der Waals surface area contributed by atoms with E-state index in [0.29, 0.717) is 0 Å². The third-order valence-electron chi connectivity index (χ3n) is 3.46. The quantitative estimate of drug-likeness (QED) is 0.571. The molecule has 0 aliphatic carbocycles. The molecule has 0 unspecified atom stereocenters. The summed E-state index contributed by atoms with van der Waals surface area (Å²) in [6.45, 7) is 0. The number of hydrogen-bond donors (Lipinski definition) is 1. The van der Waals surface area contributed by atoms with Crippen LogP contribution in [0.25, 0.3) is 11.1 Å².